The van der Waals surface area contributed by atoms with E-state index >= 15 is 0 Å². The minimum absolute atomic E-state index is 0.312. The molecule has 3 aromatic rings. The van der Waals surface area contributed by atoms with Crippen LogP contribution in [-0.2, 0) is 6.42 Å². The van der Waals surface area contributed by atoms with Crippen LogP contribution in [0.5, 0.6) is 11.5 Å². The van der Waals surface area contributed by atoms with Gasteiger partial charge in [0, 0.05) is 11.4 Å². The van der Waals surface area contributed by atoms with Gasteiger partial charge in [0.25, 0.3) is 5.91 Å². The third-order valence-electron chi connectivity index (χ3n) is 3.61. The van der Waals surface area contributed by atoms with Crippen LogP contribution in [0.25, 0.3) is 0 Å². The normalized spacial score (nSPS) is 10.4. The van der Waals surface area contributed by atoms with Gasteiger partial charge in [-0.05, 0) is 29.8 Å². The van der Waals surface area contributed by atoms with Crippen LogP contribution in [0.4, 0.5) is 5.13 Å². The number of rotatable bonds is 6. The molecule has 8 heteroatoms. The van der Waals surface area contributed by atoms with Crippen molar-refractivity contribution in [2.24, 2.45) is 0 Å². The number of ether oxygens (including phenoxy) is 2. The molecule has 0 spiro atoms. The fourth-order valence-electron chi connectivity index (χ4n) is 2.39. The molecule has 1 amide bonds. The summed E-state index contributed by atoms with van der Waals surface area (Å²) in [6.45, 7) is 0. The molecule has 0 atom stereocenters. The summed E-state index contributed by atoms with van der Waals surface area (Å²) in [6, 6.07) is 12.7. The molecule has 0 aliphatic heterocycles. The third kappa shape index (κ3) is 4.12. The Morgan fingerprint density at radius 2 is 1.73 bits per heavy atom. The predicted octanol–water partition coefficient (Wildman–Crippen LogP) is 4.05. The number of aromatic nitrogens is 2. The molecule has 134 valence electrons. The molecule has 1 N–H and O–H groups in total. The Hall–Kier alpha value is -2.64. The quantitative estimate of drug-likeness (QED) is 0.688. The van der Waals surface area contributed by atoms with Crippen molar-refractivity contribution in [3.63, 3.8) is 0 Å². The molecular formula is C18H16ClN3O3S. The van der Waals surface area contributed by atoms with Crippen LogP contribution in [0, 0.1) is 0 Å². The maximum atomic E-state index is 12.6. The Labute approximate surface area is 159 Å². The highest BCUT2D eigenvalue weighted by atomic mass is 35.5. The van der Waals surface area contributed by atoms with E-state index in [0.29, 0.717) is 33.6 Å². The van der Waals surface area contributed by atoms with E-state index in [2.05, 4.69) is 15.5 Å². The van der Waals surface area contributed by atoms with E-state index in [0.717, 1.165) is 10.6 Å². The van der Waals surface area contributed by atoms with E-state index in [9.17, 15) is 4.79 Å². The molecule has 0 unspecified atom stereocenters. The second-order valence-electron chi connectivity index (χ2n) is 5.30. The van der Waals surface area contributed by atoms with Crippen molar-refractivity contribution in [2.75, 3.05) is 19.5 Å². The van der Waals surface area contributed by atoms with Crippen LogP contribution in [0.3, 0.4) is 0 Å². The molecule has 26 heavy (non-hydrogen) atoms. The molecule has 3 rings (SSSR count). The van der Waals surface area contributed by atoms with Crippen LogP contribution in [0.1, 0.15) is 20.9 Å². The van der Waals surface area contributed by atoms with E-state index < -0.39 is 0 Å². The standard InChI is InChI=1S/C18H16ClN3O3S/c1-24-13-4-3-5-14(25-2)16(13)17(23)20-18-22-21-15(26-18)10-11-6-8-12(19)9-7-11/h3-9H,10H2,1-2H3,(H,20,22,23). The van der Waals surface area contributed by atoms with Crippen LogP contribution in [0.15, 0.2) is 42.5 Å². The average molecular weight is 390 g/mol. The zero-order valence-corrected chi connectivity index (χ0v) is 15.7. The number of hydrogen-bond acceptors (Lipinski definition) is 6. The first kappa shape index (κ1) is 18.2. The number of hydrogen-bond donors (Lipinski definition) is 1. The number of methoxy groups -OCH3 is 2. The van der Waals surface area contributed by atoms with Crippen molar-refractivity contribution in [3.8, 4) is 11.5 Å². The number of nitrogens with zero attached hydrogens (tertiary/aromatic N) is 2. The summed E-state index contributed by atoms with van der Waals surface area (Å²) in [5.41, 5.74) is 1.38. The fraction of sp³-hybridized carbons (Fsp3) is 0.167. The number of benzene rings is 2. The number of carbonyl (C=O) groups excluding carboxylic acids is 1. The third-order valence-corrected chi connectivity index (χ3v) is 4.70. The van der Waals surface area contributed by atoms with Crippen molar-refractivity contribution in [1.29, 1.82) is 0 Å². The minimum Gasteiger partial charge on any atom is -0.496 e. The highest BCUT2D eigenvalue weighted by molar-refractivity contribution is 7.15. The lowest BCUT2D eigenvalue weighted by Crippen LogP contribution is -2.14. The summed E-state index contributed by atoms with van der Waals surface area (Å²) in [5, 5.41) is 12.8. The molecular weight excluding hydrogens is 374 g/mol. The molecule has 0 fully saturated rings. The molecule has 0 aliphatic rings. The number of carbonyl (C=O) groups is 1. The number of halogens is 1. The lowest BCUT2D eigenvalue weighted by molar-refractivity contribution is 0.102. The Morgan fingerprint density at radius 1 is 1.08 bits per heavy atom. The minimum atomic E-state index is -0.367. The van der Waals surface area contributed by atoms with Crippen molar-refractivity contribution in [3.05, 3.63) is 63.6 Å². The van der Waals surface area contributed by atoms with E-state index in [1.807, 2.05) is 24.3 Å². The first-order chi connectivity index (χ1) is 12.6. The first-order valence-corrected chi connectivity index (χ1v) is 8.89. The van der Waals surface area contributed by atoms with Gasteiger partial charge < -0.3 is 9.47 Å². The zero-order valence-electron chi connectivity index (χ0n) is 14.2. The largest absolute Gasteiger partial charge is 0.496 e. The average Bonchev–Trinajstić information content (AvgIpc) is 3.09. The van der Waals surface area contributed by atoms with E-state index in [1.54, 1.807) is 18.2 Å². The van der Waals surface area contributed by atoms with Crippen molar-refractivity contribution < 1.29 is 14.3 Å². The van der Waals surface area contributed by atoms with Crippen molar-refractivity contribution in [2.45, 2.75) is 6.42 Å². The van der Waals surface area contributed by atoms with Gasteiger partial charge in [0.1, 0.15) is 22.1 Å². The second-order valence-corrected chi connectivity index (χ2v) is 6.79. The predicted molar refractivity (Wildman–Crippen MR) is 102 cm³/mol. The van der Waals surface area contributed by atoms with E-state index in [1.165, 1.54) is 25.6 Å². The molecule has 0 saturated heterocycles. The molecule has 1 heterocycles. The van der Waals surface area contributed by atoms with E-state index in [-0.39, 0.29) is 5.91 Å². The summed E-state index contributed by atoms with van der Waals surface area (Å²) >= 11 is 7.20. The van der Waals surface area contributed by atoms with Gasteiger partial charge in [-0.25, -0.2) is 0 Å². The highest BCUT2D eigenvalue weighted by Crippen LogP contribution is 2.29. The molecule has 0 bridgehead atoms. The number of anilines is 1. The Bertz CT molecular complexity index is 890. The molecule has 1 aromatic heterocycles. The summed E-state index contributed by atoms with van der Waals surface area (Å²) in [6.07, 6.45) is 0.614. The number of amides is 1. The van der Waals surface area contributed by atoms with Gasteiger partial charge in [-0.15, -0.1) is 10.2 Å². The lowest BCUT2D eigenvalue weighted by atomic mass is 10.1. The molecule has 0 aliphatic carbocycles. The topological polar surface area (TPSA) is 73.3 Å². The monoisotopic (exact) mass is 389 g/mol. The summed E-state index contributed by atoms with van der Waals surface area (Å²) in [7, 11) is 3.00. The summed E-state index contributed by atoms with van der Waals surface area (Å²) < 4.78 is 10.5. The molecule has 0 saturated carbocycles. The maximum Gasteiger partial charge on any atom is 0.265 e. The van der Waals surface area contributed by atoms with Gasteiger partial charge >= 0.3 is 0 Å². The zero-order chi connectivity index (χ0) is 18.5. The maximum absolute atomic E-state index is 12.6. The van der Waals surface area contributed by atoms with Crippen LogP contribution >= 0.6 is 22.9 Å². The fourth-order valence-corrected chi connectivity index (χ4v) is 3.28. The van der Waals surface area contributed by atoms with Gasteiger partial charge in [-0.2, -0.15) is 0 Å². The smallest absolute Gasteiger partial charge is 0.265 e. The summed E-state index contributed by atoms with van der Waals surface area (Å²) in [4.78, 5) is 12.6. The molecule has 0 radical (unpaired) electrons. The first-order valence-electron chi connectivity index (χ1n) is 7.70. The van der Waals surface area contributed by atoms with Gasteiger partial charge in [0.05, 0.1) is 14.2 Å². The molecule has 2 aromatic carbocycles. The van der Waals surface area contributed by atoms with Gasteiger partial charge in [0.2, 0.25) is 5.13 Å². The number of nitrogens with one attached hydrogen (secondary N) is 1. The highest BCUT2D eigenvalue weighted by Gasteiger charge is 2.19. The second kappa shape index (κ2) is 8.16. The molecule has 6 nitrogen and oxygen atoms in total. The van der Waals surface area contributed by atoms with Gasteiger partial charge in [0.15, 0.2) is 0 Å². The Balaban J connectivity index is 1.75. The Kier molecular flexibility index (Phi) is 5.70. The van der Waals surface area contributed by atoms with Crippen LogP contribution in [-0.4, -0.2) is 30.3 Å². The van der Waals surface area contributed by atoms with Crippen molar-refractivity contribution in [1.82, 2.24) is 10.2 Å². The Morgan fingerprint density at radius 3 is 2.35 bits per heavy atom. The van der Waals surface area contributed by atoms with Crippen LogP contribution < -0.4 is 14.8 Å². The lowest BCUT2D eigenvalue weighted by Gasteiger charge is -2.11. The van der Waals surface area contributed by atoms with E-state index in [4.69, 9.17) is 21.1 Å². The SMILES string of the molecule is COc1cccc(OC)c1C(=O)Nc1nnc(Cc2ccc(Cl)cc2)s1. The van der Waals surface area contributed by atoms with Gasteiger partial charge in [-0.1, -0.05) is 41.1 Å². The summed E-state index contributed by atoms with van der Waals surface area (Å²) in [5.74, 6) is 0.481. The van der Waals surface area contributed by atoms with Crippen LogP contribution in [0.2, 0.25) is 5.02 Å². The van der Waals surface area contributed by atoms with Gasteiger partial charge in [-0.3, -0.25) is 10.1 Å². The van der Waals surface area contributed by atoms with Crippen molar-refractivity contribution >= 4 is 34.0 Å².